The largest absolute Gasteiger partial charge is 0.386 e. The van der Waals surface area contributed by atoms with Gasteiger partial charge in [-0.25, -0.2) is 0 Å². The van der Waals surface area contributed by atoms with Crippen LogP contribution >= 0.6 is 0 Å². The van der Waals surface area contributed by atoms with Crippen molar-refractivity contribution in [3.05, 3.63) is 47.3 Å². The van der Waals surface area contributed by atoms with Gasteiger partial charge in [-0.15, -0.1) is 0 Å². The summed E-state index contributed by atoms with van der Waals surface area (Å²) in [7, 11) is 0. The molecule has 0 spiro atoms. The Balaban J connectivity index is 1.26. The number of benzene rings is 1. The summed E-state index contributed by atoms with van der Waals surface area (Å²) in [6.45, 7) is 3.51. The standard InChI is InChI=1S/C20H24N4O2/c25-19(23-8-7-14-3-1-2-4-18(14)23)13-22-9-10-24-16(12-22)11-17(21-24)20(26)15-5-6-15/h1-4,11,15,20,26H,5-10,12-13H2/t20-/m1/s1. The molecule has 3 aliphatic rings. The maximum Gasteiger partial charge on any atom is 0.241 e. The summed E-state index contributed by atoms with van der Waals surface area (Å²) in [5, 5.41) is 14.9. The molecule has 6 nitrogen and oxygen atoms in total. The Morgan fingerprint density at radius 2 is 2.08 bits per heavy atom. The lowest BCUT2D eigenvalue weighted by Crippen LogP contribution is -2.42. The molecule has 2 aliphatic heterocycles. The Bertz CT molecular complexity index is 842. The van der Waals surface area contributed by atoms with E-state index in [0.29, 0.717) is 19.0 Å². The van der Waals surface area contributed by atoms with Crippen LogP contribution in [0, 0.1) is 5.92 Å². The van der Waals surface area contributed by atoms with Gasteiger partial charge in [0.1, 0.15) is 6.10 Å². The highest BCUT2D eigenvalue weighted by Gasteiger charge is 2.34. The van der Waals surface area contributed by atoms with Crippen LogP contribution in [-0.4, -0.2) is 45.3 Å². The lowest BCUT2D eigenvalue weighted by Gasteiger charge is -2.28. The van der Waals surface area contributed by atoms with Crippen LogP contribution in [0.4, 0.5) is 5.69 Å². The second-order valence-electron chi connectivity index (χ2n) is 7.70. The molecular weight excluding hydrogens is 328 g/mol. The van der Waals surface area contributed by atoms with E-state index in [1.807, 2.05) is 33.8 Å². The van der Waals surface area contributed by atoms with Crippen LogP contribution in [-0.2, 0) is 24.3 Å². The van der Waals surface area contributed by atoms with Crippen molar-refractivity contribution in [3.8, 4) is 0 Å². The van der Waals surface area contributed by atoms with E-state index in [4.69, 9.17) is 0 Å². The predicted octanol–water partition coefficient (Wildman–Crippen LogP) is 1.73. The smallest absolute Gasteiger partial charge is 0.241 e. The number of carbonyl (C=O) groups is 1. The number of fused-ring (bicyclic) bond motifs is 2. The van der Waals surface area contributed by atoms with E-state index < -0.39 is 6.10 Å². The van der Waals surface area contributed by atoms with Gasteiger partial charge in [-0.3, -0.25) is 14.4 Å². The Morgan fingerprint density at radius 3 is 2.92 bits per heavy atom. The number of rotatable bonds is 4. The number of hydrogen-bond acceptors (Lipinski definition) is 4. The van der Waals surface area contributed by atoms with Crippen LogP contribution in [0.1, 0.15) is 35.9 Å². The van der Waals surface area contributed by atoms with Gasteiger partial charge in [0.15, 0.2) is 0 Å². The van der Waals surface area contributed by atoms with E-state index in [0.717, 1.165) is 56.0 Å². The number of aliphatic hydroxyl groups is 1. The van der Waals surface area contributed by atoms with Crippen molar-refractivity contribution in [1.82, 2.24) is 14.7 Å². The van der Waals surface area contributed by atoms with Crippen molar-refractivity contribution in [2.45, 2.75) is 38.5 Å². The quantitative estimate of drug-likeness (QED) is 0.910. The molecule has 1 aromatic carbocycles. The van der Waals surface area contributed by atoms with Crippen LogP contribution < -0.4 is 4.90 Å². The molecule has 0 saturated heterocycles. The van der Waals surface area contributed by atoms with Gasteiger partial charge in [-0.1, -0.05) is 18.2 Å². The number of carbonyl (C=O) groups excluding carboxylic acids is 1. The zero-order valence-electron chi connectivity index (χ0n) is 14.8. The molecule has 2 aromatic rings. The molecular formula is C20H24N4O2. The topological polar surface area (TPSA) is 61.6 Å². The first kappa shape index (κ1) is 16.0. The Hall–Kier alpha value is -2.18. The number of amides is 1. The highest BCUT2D eigenvalue weighted by Crippen LogP contribution is 2.40. The second kappa shape index (κ2) is 6.21. The lowest BCUT2D eigenvalue weighted by atomic mass is 10.1. The predicted molar refractivity (Wildman–Crippen MR) is 97.7 cm³/mol. The van der Waals surface area contributed by atoms with Crippen molar-refractivity contribution in [1.29, 1.82) is 0 Å². The van der Waals surface area contributed by atoms with Crippen molar-refractivity contribution in [2.75, 3.05) is 24.5 Å². The zero-order chi connectivity index (χ0) is 17.7. The molecule has 26 heavy (non-hydrogen) atoms. The van der Waals surface area contributed by atoms with Gasteiger partial charge in [0, 0.05) is 25.3 Å². The van der Waals surface area contributed by atoms with Crippen LogP contribution in [0.3, 0.4) is 0 Å². The van der Waals surface area contributed by atoms with E-state index in [-0.39, 0.29) is 5.91 Å². The fourth-order valence-corrected chi connectivity index (χ4v) is 4.15. The molecule has 1 fully saturated rings. The van der Waals surface area contributed by atoms with E-state index in [2.05, 4.69) is 16.1 Å². The van der Waals surface area contributed by atoms with Crippen LogP contribution in [0.15, 0.2) is 30.3 Å². The van der Waals surface area contributed by atoms with Crippen molar-refractivity contribution in [3.63, 3.8) is 0 Å². The Morgan fingerprint density at radius 1 is 1.23 bits per heavy atom. The normalized spacial score (nSPS) is 20.7. The summed E-state index contributed by atoms with van der Waals surface area (Å²) in [4.78, 5) is 16.9. The van der Waals surface area contributed by atoms with Gasteiger partial charge < -0.3 is 10.0 Å². The highest BCUT2D eigenvalue weighted by molar-refractivity contribution is 5.96. The van der Waals surface area contributed by atoms with Crippen molar-refractivity contribution < 1.29 is 9.90 Å². The summed E-state index contributed by atoms with van der Waals surface area (Å²) < 4.78 is 1.99. The molecule has 1 saturated carbocycles. The Labute approximate surface area is 153 Å². The van der Waals surface area contributed by atoms with Crippen LogP contribution in [0.5, 0.6) is 0 Å². The van der Waals surface area contributed by atoms with E-state index in [1.54, 1.807) is 0 Å². The minimum atomic E-state index is -0.427. The zero-order valence-corrected chi connectivity index (χ0v) is 14.8. The number of anilines is 1. The van der Waals surface area contributed by atoms with Crippen molar-refractivity contribution >= 4 is 11.6 Å². The van der Waals surface area contributed by atoms with Gasteiger partial charge in [0.05, 0.1) is 24.5 Å². The van der Waals surface area contributed by atoms with Crippen LogP contribution in [0.2, 0.25) is 0 Å². The molecule has 136 valence electrons. The second-order valence-corrected chi connectivity index (χ2v) is 7.70. The summed E-state index contributed by atoms with van der Waals surface area (Å²) in [5.74, 6) is 0.557. The first-order valence-electron chi connectivity index (χ1n) is 9.54. The third-order valence-corrected chi connectivity index (χ3v) is 5.81. The first-order valence-corrected chi connectivity index (χ1v) is 9.54. The van der Waals surface area contributed by atoms with E-state index >= 15 is 0 Å². The average molecular weight is 352 g/mol. The number of hydrogen-bond donors (Lipinski definition) is 1. The molecule has 1 aliphatic carbocycles. The first-order chi connectivity index (χ1) is 12.7. The molecule has 5 rings (SSSR count). The fraction of sp³-hybridized carbons (Fsp3) is 0.500. The van der Waals surface area contributed by atoms with Gasteiger partial charge >= 0.3 is 0 Å². The van der Waals surface area contributed by atoms with Gasteiger partial charge in [0.25, 0.3) is 0 Å². The number of aromatic nitrogens is 2. The van der Waals surface area contributed by atoms with Crippen molar-refractivity contribution in [2.24, 2.45) is 5.92 Å². The Kier molecular flexibility index (Phi) is 3.83. The monoisotopic (exact) mass is 352 g/mol. The average Bonchev–Trinajstić information content (AvgIpc) is 3.27. The molecule has 1 aromatic heterocycles. The molecule has 0 unspecified atom stereocenters. The minimum absolute atomic E-state index is 0.168. The van der Waals surface area contributed by atoms with E-state index in [9.17, 15) is 9.90 Å². The van der Waals surface area contributed by atoms with Gasteiger partial charge in [-0.05, 0) is 42.9 Å². The summed E-state index contributed by atoms with van der Waals surface area (Å²) in [6.07, 6.45) is 2.71. The van der Waals surface area contributed by atoms with E-state index in [1.165, 1.54) is 5.56 Å². The van der Waals surface area contributed by atoms with Crippen LogP contribution in [0.25, 0.3) is 0 Å². The number of para-hydroxylation sites is 1. The molecule has 1 amide bonds. The van der Waals surface area contributed by atoms with Gasteiger partial charge in [0.2, 0.25) is 5.91 Å². The molecule has 3 heterocycles. The maximum absolute atomic E-state index is 12.8. The van der Waals surface area contributed by atoms with Gasteiger partial charge in [-0.2, -0.15) is 5.10 Å². The lowest BCUT2D eigenvalue weighted by molar-refractivity contribution is -0.120. The number of nitrogens with zero attached hydrogens (tertiary/aromatic N) is 4. The number of aliphatic hydroxyl groups excluding tert-OH is 1. The molecule has 1 atom stereocenters. The fourth-order valence-electron chi connectivity index (χ4n) is 4.15. The highest BCUT2D eigenvalue weighted by atomic mass is 16.3. The summed E-state index contributed by atoms with van der Waals surface area (Å²) >= 11 is 0. The third-order valence-electron chi connectivity index (χ3n) is 5.81. The summed E-state index contributed by atoms with van der Waals surface area (Å²) in [6, 6.07) is 10.2. The summed E-state index contributed by atoms with van der Waals surface area (Å²) in [5.41, 5.74) is 4.22. The maximum atomic E-state index is 12.8. The minimum Gasteiger partial charge on any atom is -0.386 e. The SMILES string of the molecule is O=C(CN1CCn2nc([C@H](O)C3CC3)cc2C1)N1CCc2ccccc21. The third kappa shape index (κ3) is 2.83. The molecule has 0 bridgehead atoms. The molecule has 6 heteroatoms. The molecule has 0 radical (unpaired) electrons. The molecule has 1 N–H and O–H groups in total.